The Hall–Kier alpha value is -1.85. The number of hydrogen-bond acceptors (Lipinski definition) is 4. The van der Waals surface area contributed by atoms with Crippen molar-refractivity contribution in [3.05, 3.63) is 17.5 Å². The van der Waals surface area contributed by atoms with Gasteiger partial charge in [0.1, 0.15) is 23.0 Å². The van der Waals surface area contributed by atoms with Gasteiger partial charge in [-0.15, -0.1) is 0 Å². The summed E-state index contributed by atoms with van der Waals surface area (Å²) in [6.45, 7) is 9.37. The van der Waals surface area contributed by atoms with E-state index in [2.05, 4.69) is 10.5 Å². The maximum absolute atomic E-state index is 12.6. The minimum absolute atomic E-state index is 0.0306. The zero-order chi connectivity index (χ0) is 15.1. The number of nitrogens with zero attached hydrogens (tertiary/aromatic N) is 2. The molecule has 1 aromatic heterocycles. The lowest BCUT2D eigenvalue weighted by atomic mass is 9.91. The highest BCUT2D eigenvalue weighted by Crippen LogP contribution is 2.24. The molecule has 20 heavy (non-hydrogen) atoms. The Bertz CT molecular complexity index is 534. The van der Waals surface area contributed by atoms with Crippen molar-refractivity contribution in [1.82, 2.24) is 15.4 Å². The first kappa shape index (κ1) is 14.6. The number of piperazine rings is 1. The van der Waals surface area contributed by atoms with Crippen LogP contribution in [0.3, 0.4) is 0 Å². The second-order valence-corrected chi connectivity index (χ2v) is 6.17. The predicted octanol–water partition coefficient (Wildman–Crippen LogP) is 1.24. The Morgan fingerprint density at radius 2 is 2.10 bits per heavy atom. The molecule has 1 aliphatic heterocycles. The molecule has 0 bridgehead atoms. The van der Waals surface area contributed by atoms with E-state index in [-0.39, 0.29) is 24.3 Å². The fourth-order valence-corrected chi connectivity index (χ4v) is 2.56. The van der Waals surface area contributed by atoms with Crippen LogP contribution in [0.15, 0.2) is 10.6 Å². The van der Waals surface area contributed by atoms with Crippen LogP contribution in [-0.4, -0.2) is 33.5 Å². The van der Waals surface area contributed by atoms with Gasteiger partial charge in [-0.3, -0.25) is 9.59 Å². The summed E-state index contributed by atoms with van der Waals surface area (Å²) >= 11 is 0. The van der Waals surface area contributed by atoms with Crippen molar-refractivity contribution in [3.63, 3.8) is 0 Å². The van der Waals surface area contributed by atoms with Gasteiger partial charge in [-0.2, -0.15) is 0 Å². The summed E-state index contributed by atoms with van der Waals surface area (Å²) in [7, 11) is 0. The number of carbonyl (C=O) groups is 2. The van der Waals surface area contributed by atoms with E-state index in [1.807, 2.05) is 13.8 Å². The van der Waals surface area contributed by atoms with Gasteiger partial charge in [0.05, 0.1) is 6.54 Å². The second-order valence-electron chi connectivity index (χ2n) is 6.17. The number of carbonyl (C=O) groups excluding carboxylic acids is 2. The molecule has 0 aromatic carbocycles. The smallest absolute Gasteiger partial charge is 0.248 e. The molecule has 0 radical (unpaired) electrons. The van der Waals surface area contributed by atoms with E-state index in [4.69, 9.17) is 4.52 Å². The number of aryl methyl sites for hydroxylation is 1. The lowest BCUT2D eigenvalue weighted by Gasteiger charge is -2.44. The van der Waals surface area contributed by atoms with Crippen LogP contribution in [0.2, 0.25) is 0 Å². The van der Waals surface area contributed by atoms with Crippen LogP contribution in [0, 0.1) is 12.8 Å². The van der Waals surface area contributed by atoms with Crippen LogP contribution in [0.4, 0.5) is 0 Å². The first-order chi connectivity index (χ1) is 9.22. The maximum atomic E-state index is 12.6. The standard InChI is InChI=1S/C14H21N3O3/c1-8(2)11-12(18)15-14(4,5)13(19)17(11)7-10-6-9(3)20-16-10/h6,8,11H,7H2,1-5H3,(H,15,18). The largest absolute Gasteiger partial charge is 0.361 e. The van der Waals surface area contributed by atoms with Gasteiger partial charge in [0.15, 0.2) is 0 Å². The molecular weight excluding hydrogens is 258 g/mol. The Morgan fingerprint density at radius 1 is 1.45 bits per heavy atom. The molecule has 1 aliphatic rings. The number of hydrogen-bond donors (Lipinski definition) is 1. The molecule has 1 saturated heterocycles. The summed E-state index contributed by atoms with van der Waals surface area (Å²) in [5, 5.41) is 6.69. The van der Waals surface area contributed by atoms with Gasteiger partial charge in [-0.25, -0.2) is 0 Å². The minimum Gasteiger partial charge on any atom is -0.361 e. The maximum Gasteiger partial charge on any atom is 0.248 e. The average molecular weight is 279 g/mol. The Balaban J connectivity index is 2.32. The molecule has 6 heteroatoms. The van der Waals surface area contributed by atoms with Crippen LogP contribution < -0.4 is 5.32 Å². The SMILES string of the molecule is Cc1cc(CN2C(=O)C(C)(C)NC(=O)C2C(C)C)no1. The molecule has 110 valence electrons. The van der Waals surface area contributed by atoms with Crippen molar-refractivity contribution in [2.24, 2.45) is 5.92 Å². The Labute approximate surface area is 118 Å². The molecule has 6 nitrogen and oxygen atoms in total. The highest BCUT2D eigenvalue weighted by atomic mass is 16.5. The van der Waals surface area contributed by atoms with Gasteiger partial charge >= 0.3 is 0 Å². The van der Waals surface area contributed by atoms with E-state index in [9.17, 15) is 9.59 Å². The van der Waals surface area contributed by atoms with E-state index in [0.717, 1.165) is 0 Å². The Kier molecular flexibility index (Phi) is 3.58. The summed E-state index contributed by atoms with van der Waals surface area (Å²) in [5.41, 5.74) is -0.228. The summed E-state index contributed by atoms with van der Waals surface area (Å²) in [6.07, 6.45) is 0. The molecule has 1 unspecified atom stereocenters. The van der Waals surface area contributed by atoms with Crippen molar-refractivity contribution < 1.29 is 14.1 Å². The molecule has 2 amide bonds. The minimum atomic E-state index is -0.888. The van der Waals surface area contributed by atoms with Crippen LogP contribution in [0.25, 0.3) is 0 Å². The summed E-state index contributed by atoms with van der Waals surface area (Å²) < 4.78 is 5.03. The van der Waals surface area contributed by atoms with Gasteiger partial charge in [0, 0.05) is 6.07 Å². The summed E-state index contributed by atoms with van der Waals surface area (Å²) in [5.74, 6) is 0.499. The molecular formula is C14H21N3O3. The van der Waals surface area contributed by atoms with E-state index in [1.54, 1.807) is 31.7 Å². The van der Waals surface area contributed by atoms with Gasteiger partial charge in [-0.05, 0) is 26.7 Å². The number of nitrogens with one attached hydrogen (secondary N) is 1. The predicted molar refractivity (Wildman–Crippen MR) is 72.6 cm³/mol. The fourth-order valence-electron chi connectivity index (χ4n) is 2.56. The number of aromatic nitrogens is 1. The molecule has 0 saturated carbocycles. The van der Waals surface area contributed by atoms with Crippen molar-refractivity contribution in [3.8, 4) is 0 Å². The number of amides is 2. The number of rotatable bonds is 3. The van der Waals surface area contributed by atoms with Gasteiger partial charge < -0.3 is 14.7 Å². The third-order valence-corrected chi connectivity index (χ3v) is 3.48. The van der Waals surface area contributed by atoms with Gasteiger partial charge in [0.2, 0.25) is 11.8 Å². The van der Waals surface area contributed by atoms with E-state index in [0.29, 0.717) is 11.5 Å². The first-order valence-corrected chi connectivity index (χ1v) is 6.77. The van der Waals surface area contributed by atoms with E-state index >= 15 is 0 Å². The van der Waals surface area contributed by atoms with Gasteiger partial charge in [-0.1, -0.05) is 19.0 Å². The molecule has 1 fully saturated rings. The Morgan fingerprint density at radius 3 is 2.60 bits per heavy atom. The van der Waals surface area contributed by atoms with Crippen molar-refractivity contribution in [2.45, 2.75) is 52.7 Å². The zero-order valence-corrected chi connectivity index (χ0v) is 12.6. The molecule has 0 spiro atoms. The van der Waals surface area contributed by atoms with Gasteiger partial charge in [0.25, 0.3) is 0 Å². The summed E-state index contributed by atoms with van der Waals surface area (Å²) in [6, 6.07) is 1.30. The molecule has 1 aromatic rings. The second kappa shape index (κ2) is 4.92. The highest BCUT2D eigenvalue weighted by molar-refractivity contribution is 5.99. The van der Waals surface area contributed by atoms with Crippen LogP contribution in [0.5, 0.6) is 0 Å². The normalized spacial score (nSPS) is 22.3. The summed E-state index contributed by atoms with van der Waals surface area (Å²) in [4.78, 5) is 26.4. The molecule has 0 aliphatic carbocycles. The third-order valence-electron chi connectivity index (χ3n) is 3.48. The molecule has 2 rings (SSSR count). The fraction of sp³-hybridized carbons (Fsp3) is 0.643. The van der Waals surface area contributed by atoms with E-state index in [1.165, 1.54) is 0 Å². The van der Waals surface area contributed by atoms with Crippen molar-refractivity contribution in [2.75, 3.05) is 0 Å². The zero-order valence-electron chi connectivity index (χ0n) is 12.6. The van der Waals surface area contributed by atoms with Crippen LogP contribution >= 0.6 is 0 Å². The first-order valence-electron chi connectivity index (χ1n) is 6.77. The third kappa shape index (κ3) is 2.55. The van der Waals surface area contributed by atoms with Crippen molar-refractivity contribution >= 4 is 11.8 Å². The highest BCUT2D eigenvalue weighted by Gasteiger charge is 2.46. The molecule has 1 atom stereocenters. The topological polar surface area (TPSA) is 75.4 Å². The molecule has 2 heterocycles. The van der Waals surface area contributed by atoms with E-state index < -0.39 is 11.6 Å². The average Bonchev–Trinajstić information content (AvgIpc) is 2.70. The lowest BCUT2D eigenvalue weighted by molar-refractivity contribution is -0.156. The van der Waals surface area contributed by atoms with Crippen molar-refractivity contribution in [1.29, 1.82) is 0 Å². The monoisotopic (exact) mass is 279 g/mol. The quantitative estimate of drug-likeness (QED) is 0.903. The van der Waals surface area contributed by atoms with Crippen LogP contribution in [0.1, 0.15) is 39.1 Å². The molecule has 1 N–H and O–H groups in total. The lowest BCUT2D eigenvalue weighted by Crippen LogP contribution is -2.68. The van der Waals surface area contributed by atoms with Crippen LogP contribution in [-0.2, 0) is 16.1 Å².